The molecule has 184 valence electrons. The fourth-order valence-corrected chi connectivity index (χ4v) is 5.80. The van der Waals surface area contributed by atoms with Gasteiger partial charge in [-0.1, -0.05) is 76.6 Å². The number of carbonyl (C=O) groups is 1. The van der Waals surface area contributed by atoms with Crippen molar-refractivity contribution in [3.8, 4) is 0 Å². The normalized spacial score (nSPS) is 26.2. The predicted octanol–water partition coefficient (Wildman–Crippen LogP) is 5.02. The Bertz CT molecular complexity index is 1270. The molecule has 0 spiro atoms. The van der Waals surface area contributed by atoms with Crippen LogP contribution in [0.15, 0.2) is 59.4 Å². The lowest BCUT2D eigenvalue weighted by Crippen LogP contribution is -2.39. The van der Waals surface area contributed by atoms with Crippen molar-refractivity contribution in [2.45, 2.75) is 71.6 Å². The van der Waals surface area contributed by atoms with Crippen LogP contribution >= 0.6 is 0 Å². The van der Waals surface area contributed by atoms with Crippen molar-refractivity contribution in [3.63, 3.8) is 0 Å². The lowest BCUT2D eigenvalue weighted by molar-refractivity contribution is -0.155. The smallest absolute Gasteiger partial charge is 0.333 e. The molecule has 1 saturated heterocycles. The quantitative estimate of drug-likeness (QED) is 0.371. The van der Waals surface area contributed by atoms with E-state index in [1.165, 1.54) is 6.42 Å². The molecule has 0 radical (unpaired) electrons. The molecular formula is C29H35N3O3. The van der Waals surface area contributed by atoms with Gasteiger partial charge in [0.2, 0.25) is 0 Å². The number of benzene rings is 2. The summed E-state index contributed by atoms with van der Waals surface area (Å²) in [5, 5.41) is 2.42. The minimum atomic E-state index is -0.548. The van der Waals surface area contributed by atoms with Crippen molar-refractivity contribution in [2.75, 3.05) is 5.01 Å². The molecule has 35 heavy (non-hydrogen) atoms. The molecule has 3 aromatic rings. The highest BCUT2D eigenvalue weighted by Gasteiger charge is 2.57. The second-order valence-corrected chi connectivity index (χ2v) is 10.5. The summed E-state index contributed by atoms with van der Waals surface area (Å²) in [7, 11) is 0. The number of nitrogens with zero attached hydrogens (tertiary/aromatic N) is 3. The molecule has 1 saturated carbocycles. The van der Waals surface area contributed by atoms with Gasteiger partial charge >= 0.3 is 5.97 Å². The Labute approximate surface area is 206 Å². The minimum absolute atomic E-state index is 0.0813. The molecule has 1 aromatic heterocycles. The van der Waals surface area contributed by atoms with Gasteiger partial charge in [0.25, 0.3) is 5.56 Å². The van der Waals surface area contributed by atoms with Crippen LogP contribution in [0.1, 0.15) is 64.4 Å². The molecule has 0 amide bonds. The summed E-state index contributed by atoms with van der Waals surface area (Å²) in [6.45, 7) is 8.65. The summed E-state index contributed by atoms with van der Waals surface area (Å²) in [6.07, 6.45) is 3.66. The largest absolute Gasteiger partial charge is 0.460 e. The number of carbonyl (C=O) groups excluding carboxylic acids is 1. The summed E-state index contributed by atoms with van der Waals surface area (Å²) in [4.78, 5) is 32.1. The first-order chi connectivity index (χ1) is 16.9. The Morgan fingerprint density at radius 3 is 2.51 bits per heavy atom. The average molecular weight is 474 g/mol. The second kappa shape index (κ2) is 9.48. The van der Waals surface area contributed by atoms with Crippen molar-refractivity contribution in [2.24, 2.45) is 17.8 Å². The number of aromatic nitrogens is 2. The van der Waals surface area contributed by atoms with Crippen LogP contribution in [0.25, 0.3) is 10.9 Å². The summed E-state index contributed by atoms with van der Waals surface area (Å²) < 4.78 is 7.87. The molecule has 6 heteroatoms. The molecule has 2 heterocycles. The Hall–Kier alpha value is -3.15. The van der Waals surface area contributed by atoms with Gasteiger partial charge in [-0.3, -0.25) is 9.80 Å². The number of hydrogen-bond acceptors (Lipinski definition) is 5. The van der Waals surface area contributed by atoms with Crippen LogP contribution in [0.4, 0.5) is 0 Å². The van der Waals surface area contributed by atoms with Crippen LogP contribution in [-0.4, -0.2) is 27.8 Å². The van der Waals surface area contributed by atoms with E-state index in [-0.39, 0.29) is 23.7 Å². The highest BCUT2D eigenvalue weighted by molar-refractivity contribution is 5.85. The molecule has 1 aliphatic carbocycles. The maximum absolute atomic E-state index is 13.7. The summed E-state index contributed by atoms with van der Waals surface area (Å²) in [5.74, 6) is 1.78. The monoisotopic (exact) mass is 473 g/mol. The average Bonchev–Trinajstić information content (AvgIpc) is 3.59. The highest BCUT2D eigenvalue weighted by atomic mass is 16.5. The summed E-state index contributed by atoms with van der Waals surface area (Å²) >= 11 is 0. The van der Waals surface area contributed by atoms with Gasteiger partial charge < -0.3 is 4.74 Å². The Balaban J connectivity index is 1.52. The number of para-hydroxylation sites is 1. The van der Waals surface area contributed by atoms with E-state index < -0.39 is 6.04 Å². The Morgan fingerprint density at radius 1 is 1.09 bits per heavy atom. The first kappa shape index (κ1) is 23.6. The van der Waals surface area contributed by atoms with Crippen LogP contribution in [0.3, 0.4) is 0 Å². The van der Waals surface area contributed by atoms with Crippen molar-refractivity contribution < 1.29 is 9.53 Å². The maximum Gasteiger partial charge on any atom is 0.333 e. The number of fused-ring (bicyclic) bond motifs is 1. The molecule has 2 aliphatic rings. The molecule has 2 fully saturated rings. The molecular weight excluding hydrogens is 438 g/mol. The first-order valence-electron chi connectivity index (χ1n) is 12.9. The van der Waals surface area contributed by atoms with E-state index in [2.05, 4.69) is 20.8 Å². The van der Waals surface area contributed by atoms with E-state index in [1.807, 2.05) is 60.5 Å². The van der Waals surface area contributed by atoms with Crippen molar-refractivity contribution in [3.05, 3.63) is 76.3 Å². The molecule has 6 nitrogen and oxygen atoms in total. The molecule has 5 atom stereocenters. The Morgan fingerprint density at radius 2 is 1.80 bits per heavy atom. The molecule has 0 N–H and O–H groups in total. The van der Waals surface area contributed by atoms with Crippen LogP contribution < -0.4 is 10.6 Å². The van der Waals surface area contributed by atoms with E-state index in [0.29, 0.717) is 40.9 Å². The standard InChI is InChI=1S/C29H35N3O3/c1-5-25-30-23-14-10-9-13-22(23)28(33)31(25)32-26(20-11-7-6-8-12-20)27(32)29(34)35-24-17-19(4)15-16-21(24)18(2)3/h6-14,18-19,21,24,26-27H,5,15-17H2,1-4H3/t19-,21+,24-,26-,27+,32?/m1/s1. The summed E-state index contributed by atoms with van der Waals surface area (Å²) in [5.41, 5.74) is 1.53. The predicted molar refractivity (Wildman–Crippen MR) is 138 cm³/mol. The number of rotatable bonds is 6. The van der Waals surface area contributed by atoms with E-state index in [4.69, 9.17) is 9.72 Å². The van der Waals surface area contributed by atoms with E-state index in [0.717, 1.165) is 18.4 Å². The van der Waals surface area contributed by atoms with Gasteiger partial charge in [-0.25, -0.2) is 14.5 Å². The van der Waals surface area contributed by atoms with E-state index in [1.54, 1.807) is 10.7 Å². The molecule has 0 unspecified atom stereocenters. The van der Waals surface area contributed by atoms with Gasteiger partial charge in [0.15, 0.2) is 6.04 Å². The zero-order chi connectivity index (χ0) is 24.7. The van der Waals surface area contributed by atoms with E-state index >= 15 is 0 Å². The molecule has 2 aromatic carbocycles. The van der Waals surface area contributed by atoms with Gasteiger partial charge in [-0.15, -0.1) is 0 Å². The van der Waals surface area contributed by atoms with Crippen molar-refractivity contribution in [1.29, 1.82) is 0 Å². The second-order valence-electron chi connectivity index (χ2n) is 10.5. The SMILES string of the molecule is CCc1nc2ccccc2c(=O)n1N1[C@H](C(=O)O[C@@H]2C[C@H](C)CC[C@H]2C(C)C)[C@H]1c1ccccc1. The zero-order valence-corrected chi connectivity index (χ0v) is 21.1. The number of hydrogen-bond donors (Lipinski definition) is 0. The van der Waals surface area contributed by atoms with Gasteiger partial charge in [0.1, 0.15) is 18.0 Å². The van der Waals surface area contributed by atoms with Crippen LogP contribution in [-0.2, 0) is 16.0 Å². The van der Waals surface area contributed by atoms with Crippen LogP contribution in [0, 0.1) is 17.8 Å². The van der Waals surface area contributed by atoms with Gasteiger partial charge in [-0.05, 0) is 48.3 Å². The Kier molecular flexibility index (Phi) is 6.39. The maximum atomic E-state index is 13.7. The number of aryl methyl sites for hydroxylation is 1. The molecule has 1 aliphatic heterocycles. The van der Waals surface area contributed by atoms with Gasteiger partial charge in [-0.2, -0.15) is 0 Å². The van der Waals surface area contributed by atoms with E-state index in [9.17, 15) is 9.59 Å². The topological polar surface area (TPSA) is 64.2 Å². The minimum Gasteiger partial charge on any atom is -0.460 e. The van der Waals surface area contributed by atoms with Crippen molar-refractivity contribution in [1.82, 2.24) is 9.66 Å². The summed E-state index contributed by atoms with van der Waals surface area (Å²) in [6, 6.07) is 16.5. The lowest BCUT2D eigenvalue weighted by atomic mass is 9.75. The molecule has 5 rings (SSSR count). The number of ether oxygens (including phenoxy) is 1. The fraction of sp³-hybridized carbons (Fsp3) is 0.483. The molecule has 0 bridgehead atoms. The first-order valence-corrected chi connectivity index (χ1v) is 12.9. The third-order valence-corrected chi connectivity index (χ3v) is 7.76. The third-order valence-electron chi connectivity index (χ3n) is 7.76. The van der Waals surface area contributed by atoms with Crippen molar-refractivity contribution >= 4 is 16.9 Å². The number of esters is 1. The van der Waals surface area contributed by atoms with Crippen LogP contribution in [0.2, 0.25) is 0 Å². The fourth-order valence-electron chi connectivity index (χ4n) is 5.80. The highest BCUT2D eigenvalue weighted by Crippen LogP contribution is 2.43. The van der Waals surface area contributed by atoms with Crippen LogP contribution in [0.5, 0.6) is 0 Å². The third kappa shape index (κ3) is 4.35. The zero-order valence-electron chi connectivity index (χ0n) is 21.1. The lowest BCUT2D eigenvalue weighted by Gasteiger charge is -2.36. The van der Waals surface area contributed by atoms with Gasteiger partial charge in [0, 0.05) is 6.42 Å². The van der Waals surface area contributed by atoms with Gasteiger partial charge in [0.05, 0.1) is 10.9 Å².